The SMILES string of the molecule is CCCCC/C=C\C/C=C\CCCCCCCCCC(=O)OCCCCCCCC/C=C\C/C=C\CCC(=O)NC(CO)C(O)/C=C/CCCCCCCCC. The largest absolute Gasteiger partial charge is 0.466 e. The van der Waals surface area contributed by atoms with Gasteiger partial charge in [0.15, 0.2) is 0 Å². The van der Waals surface area contributed by atoms with Gasteiger partial charge in [0.25, 0.3) is 0 Å². The summed E-state index contributed by atoms with van der Waals surface area (Å²) in [5, 5.41) is 22.8. The topological polar surface area (TPSA) is 95.9 Å². The lowest BCUT2D eigenvalue weighted by Gasteiger charge is -2.19. The fraction of sp³-hybridized carbons (Fsp3) is 0.760. The number of rotatable bonds is 42. The molecule has 0 heterocycles. The van der Waals surface area contributed by atoms with Crippen LogP contribution in [0.5, 0.6) is 0 Å². The molecule has 0 fully saturated rings. The normalized spacial score (nSPS) is 13.3. The Hall–Kier alpha value is -2.44. The van der Waals surface area contributed by atoms with E-state index >= 15 is 0 Å². The van der Waals surface area contributed by atoms with Gasteiger partial charge in [0.05, 0.1) is 25.4 Å². The first-order valence-electron chi connectivity index (χ1n) is 23.6. The van der Waals surface area contributed by atoms with Gasteiger partial charge in [-0.1, -0.05) is 184 Å². The Bertz CT molecular complexity index is 999. The van der Waals surface area contributed by atoms with Crippen molar-refractivity contribution >= 4 is 11.9 Å². The summed E-state index contributed by atoms with van der Waals surface area (Å²) in [5.74, 6) is -0.183. The monoisotopic (exact) mass is 784 g/mol. The summed E-state index contributed by atoms with van der Waals surface area (Å²) < 4.78 is 5.44. The molecule has 0 aliphatic rings. The number of nitrogens with one attached hydrogen (secondary N) is 1. The summed E-state index contributed by atoms with van der Waals surface area (Å²) >= 11 is 0. The quantitative estimate of drug-likeness (QED) is 0.0325. The molecule has 0 aliphatic heterocycles. The predicted molar refractivity (Wildman–Crippen MR) is 241 cm³/mol. The van der Waals surface area contributed by atoms with E-state index in [9.17, 15) is 19.8 Å². The van der Waals surface area contributed by atoms with E-state index < -0.39 is 12.1 Å². The minimum atomic E-state index is -0.878. The maximum absolute atomic E-state index is 12.3. The first-order valence-corrected chi connectivity index (χ1v) is 23.6. The zero-order valence-electron chi connectivity index (χ0n) is 36.6. The second kappa shape index (κ2) is 45.3. The Morgan fingerprint density at radius 1 is 0.500 bits per heavy atom. The van der Waals surface area contributed by atoms with Crippen molar-refractivity contribution in [3.63, 3.8) is 0 Å². The van der Waals surface area contributed by atoms with Gasteiger partial charge in [-0.2, -0.15) is 0 Å². The molecule has 2 atom stereocenters. The molecule has 2 unspecified atom stereocenters. The number of aliphatic hydroxyl groups excluding tert-OH is 2. The molecule has 56 heavy (non-hydrogen) atoms. The van der Waals surface area contributed by atoms with Gasteiger partial charge in [0.2, 0.25) is 5.91 Å². The standard InChI is InChI=1S/C50H89NO5/c1-3-5-7-9-11-13-14-15-16-17-18-21-24-28-32-36-40-44-50(55)56-45-41-37-33-29-25-22-19-20-23-27-31-35-39-43-49(54)51-47(46-52)48(53)42-38-34-30-26-12-10-8-6-4-2/h11,13,15-16,20,23,31,35,38,42,47-48,52-53H,3-10,12,14,17-19,21-22,24-30,32-34,36-37,39-41,43-46H2,1-2H3,(H,51,54)/b13-11-,16-15-,23-20-,35-31-,42-38+. The first-order chi connectivity index (χ1) is 27.5. The lowest BCUT2D eigenvalue weighted by Crippen LogP contribution is -2.45. The lowest BCUT2D eigenvalue weighted by molar-refractivity contribution is -0.143. The van der Waals surface area contributed by atoms with Gasteiger partial charge in [-0.3, -0.25) is 9.59 Å². The van der Waals surface area contributed by atoms with E-state index in [2.05, 4.69) is 61.7 Å². The van der Waals surface area contributed by atoms with Gasteiger partial charge < -0.3 is 20.3 Å². The van der Waals surface area contributed by atoms with Crippen LogP contribution in [0.3, 0.4) is 0 Å². The number of esters is 1. The van der Waals surface area contributed by atoms with Gasteiger partial charge in [-0.05, 0) is 83.5 Å². The van der Waals surface area contributed by atoms with Crippen LogP contribution < -0.4 is 5.32 Å². The van der Waals surface area contributed by atoms with E-state index in [0.717, 1.165) is 57.8 Å². The molecule has 0 radical (unpaired) electrons. The van der Waals surface area contributed by atoms with E-state index in [0.29, 0.717) is 25.9 Å². The Morgan fingerprint density at radius 2 is 0.911 bits per heavy atom. The molecule has 0 bridgehead atoms. The smallest absolute Gasteiger partial charge is 0.305 e. The molecular weight excluding hydrogens is 695 g/mol. The highest BCUT2D eigenvalue weighted by Gasteiger charge is 2.17. The van der Waals surface area contributed by atoms with Crippen molar-refractivity contribution in [2.75, 3.05) is 13.2 Å². The fourth-order valence-corrected chi connectivity index (χ4v) is 6.59. The first kappa shape index (κ1) is 53.6. The summed E-state index contributed by atoms with van der Waals surface area (Å²) in [6.07, 6.45) is 56.6. The van der Waals surface area contributed by atoms with E-state index in [1.165, 1.54) is 128 Å². The van der Waals surface area contributed by atoms with Crippen LogP contribution in [0.2, 0.25) is 0 Å². The minimum Gasteiger partial charge on any atom is -0.466 e. The van der Waals surface area contributed by atoms with Gasteiger partial charge in [0, 0.05) is 12.8 Å². The van der Waals surface area contributed by atoms with Crippen LogP contribution >= 0.6 is 0 Å². The molecule has 0 saturated carbocycles. The Kier molecular flexibility index (Phi) is 43.3. The van der Waals surface area contributed by atoms with Crippen molar-refractivity contribution < 1.29 is 24.5 Å². The average Bonchev–Trinajstić information content (AvgIpc) is 3.20. The van der Waals surface area contributed by atoms with Crippen LogP contribution in [-0.4, -0.2) is 47.4 Å². The van der Waals surface area contributed by atoms with E-state index in [1.54, 1.807) is 6.08 Å². The van der Waals surface area contributed by atoms with Crippen molar-refractivity contribution in [3.05, 3.63) is 60.8 Å². The molecule has 0 aromatic heterocycles. The number of carbonyl (C=O) groups is 2. The Morgan fingerprint density at radius 3 is 1.43 bits per heavy atom. The molecule has 0 aromatic rings. The molecule has 1 amide bonds. The molecule has 0 spiro atoms. The zero-order valence-corrected chi connectivity index (χ0v) is 36.6. The number of hydrogen-bond acceptors (Lipinski definition) is 5. The van der Waals surface area contributed by atoms with Crippen LogP contribution in [0.4, 0.5) is 0 Å². The maximum atomic E-state index is 12.3. The van der Waals surface area contributed by atoms with Crippen molar-refractivity contribution in [3.8, 4) is 0 Å². The highest BCUT2D eigenvalue weighted by molar-refractivity contribution is 5.76. The Balaban J connectivity index is 3.57. The molecule has 6 nitrogen and oxygen atoms in total. The number of allylic oxidation sites excluding steroid dienone is 9. The molecule has 6 heteroatoms. The molecule has 0 aliphatic carbocycles. The lowest BCUT2D eigenvalue weighted by atomic mass is 10.1. The molecule has 3 N–H and O–H groups in total. The minimum absolute atomic E-state index is 0.0282. The van der Waals surface area contributed by atoms with Crippen molar-refractivity contribution in [1.29, 1.82) is 0 Å². The fourth-order valence-electron chi connectivity index (χ4n) is 6.59. The summed E-state index contributed by atoms with van der Waals surface area (Å²) in [6, 6.07) is -0.671. The molecular formula is C50H89NO5. The number of unbranched alkanes of at least 4 members (excludes halogenated alkanes) is 23. The third-order valence-electron chi connectivity index (χ3n) is 10.3. The Labute approximate surface area is 346 Å². The number of ether oxygens (including phenoxy) is 1. The van der Waals surface area contributed by atoms with Crippen LogP contribution in [0, 0.1) is 0 Å². The van der Waals surface area contributed by atoms with Crippen molar-refractivity contribution in [1.82, 2.24) is 5.32 Å². The second-order valence-corrected chi connectivity index (χ2v) is 15.7. The van der Waals surface area contributed by atoms with Crippen LogP contribution in [0.1, 0.15) is 219 Å². The second-order valence-electron chi connectivity index (χ2n) is 15.7. The number of amides is 1. The van der Waals surface area contributed by atoms with Crippen LogP contribution in [0.15, 0.2) is 60.8 Å². The van der Waals surface area contributed by atoms with E-state index in [1.807, 2.05) is 12.2 Å². The molecule has 0 aromatic carbocycles. The van der Waals surface area contributed by atoms with Gasteiger partial charge in [-0.15, -0.1) is 0 Å². The summed E-state index contributed by atoms with van der Waals surface area (Å²) in [4.78, 5) is 24.3. The number of aliphatic hydroxyl groups is 2. The molecule has 324 valence electrons. The molecule has 0 rings (SSSR count). The third kappa shape index (κ3) is 41.2. The maximum Gasteiger partial charge on any atom is 0.305 e. The highest BCUT2D eigenvalue weighted by atomic mass is 16.5. The van der Waals surface area contributed by atoms with Gasteiger partial charge in [-0.25, -0.2) is 0 Å². The summed E-state index contributed by atoms with van der Waals surface area (Å²) in [6.45, 7) is 4.75. The van der Waals surface area contributed by atoms with Crippen molar-refractivity contribution in [2.24, 2.45) is 0 Å². The van der Waals surface area contributed by atoms with Crippen LogP contribution in [0.25, 0.3) is 0 Å². The van der Waals surface area contributed by atoms with E-state index in [4.69, 9.17) is 4.74 Å². The van der Waals surface area contributed by atoms with Gasteiger partial charge >= 0.3 is 5.97 Å². The third-order valence-corrected chi connectivity index (χ3v) is 10.3. The van der Waals surface area contributed by atoms with Gasteiger partial charge in [0.1, 0.15) is 0 Å². The highest BCUT2D eigenvalue weighted by Crippen LogP contribution is 2.13. The summed E-state index contributed by atoms with van der Waals surface area (Å²) in [7, 11) is 0. The number of hydrogen-bond donors (Lipinski definition) is 3. The zero-order chi connectivity index (χ0) is 40.8. The van der Waals surface area contributed by atoms with Crippen LogP contribution in [-0.2, 0) is 14.3 Å². The number of carbonyl (C=O) groups excluding carboxylic acids is 2. The average molecular weight is 784 g/mol. The molecule has 0 saturated heterocycles. The van der Waals surface area contributed by atoms with Crippen molar-refractivity contribution in [2.45, 2.75) is 231 Å². The van der Waals surface area contributed by atoms with E-state index in [-0.39, 0.29) is 18.5 Å². The summed E-state index contributed by atoms with van der Waals surface area (Å²) in [5.41, 5.74) is 0. The predicted octanol–water partition coefficient (Wildman–Crippen LogP) is 13.7.